The van der Waals surface area contributed by atoms with Crippen molar-refractivity contribution < 1.29 is 22.7 Å². The summed E-state index contributed by atoms with van der Waals surface area (Å²) >= 11 is 11.1. The summed E-state index contributed by atoms with van der Waals surface area (Å²) < 4.78 is 47.0. The van der Waals surface area contributed by atoms with Crippen molar-refractivity contribution in [3.63, 3.8) is 0 Å². The van der Waals surface area contributed by atoms with Crippen molar-refractivity contribution >= 4 is 40.5 Å². The normalized spacial score (nSPS) is 14.5. The van der Waals surface area contributed by atoms with Crippen LogP contribution in [0.2, 0.25) is 0 Å². The van der Waals surface area contributed by atoms with Crippen LogP contribution in [0.15, 0.2) is 42.5 Å². The van der Waals surface area contributed by atoms with Gasteiger partial charge in [-0.25, -0.2) is 4.98 Å². The molecule has 1 aliphatic heterocycles. The lowest BCUT2D eigenvalue weighted by Gasteiger charge is -2.31. The average molecular weight is 500 g/mol. The number of H-pyrrole nitrogens is 1. The summed E-state index contributed by atoms with van der Waals surface area (Å²) in [5.41, 5.74) is 0.369. The van der Waals surface area contributed by atoms with Crippen LogP contribution < -0.4 is 10.2 Å². The Labute approximate surface area is 196 Å². The molecule has 7 nitrogen and oxygen atoms in total. The topological polar surface area (TPSA) is 83.1 Å². The van der Waals surface area contributed by atoms with Crippen LogP contribution in [0.1, 0.15) is 5.56 Å². The Kier molecular flexibility index (Phi) is 6.78. The van der Waals surface area contributed by atoms with Crippen LogP contribution in [0.3, 0.4) is 0 Å². The first-order valence-electron chi connectivity index (χ1n) is 9.89. The minimum absolute atomic E-state index is 0.0181. The molecule has 0 atom stereocenters. The first-order valence-corrected chi connectivity index (χ1v) is 10.8. The smallest absolute Gasteiger partial charge is 0.378 e. The highest BCUT2D eigenvalue weighted by atomic mass is 35.5. The summed E-state index contributed by atoms with van der Waals surface area (Å²) in [4.78, 5) is 16.7. The van der Waals surface area contributed by atoms with E-state index in [4.69, 9.17) is 27.9 Å². The number of nitrogens with one attached hydrogen (secondary N) is 2. The van der Waals surface area contributed by atoms with Crippen molar-refractivity contribution in [3.05, 3.63) is 48.0 Å². The molecule has 0 radical (unpaired) electrons. The molecule has 12 heteroatoms. The fourth-order valence-electron chi connectivity index (χ4n) is 3.53. The molecule has 1 amide bonds. The van der Waals surface area contributed by atoms with Gasteiger partial charge in [-0.15, -0.1) is 0 Å². The molecular weight excluding hydrogens is 482 g/mol. The zero-order valence-corrected chi connectivity index (χ0v) is 18.5. The Balaban J connectivity index is 1.73. The van der Waals surface area contributed by atoms with Gasteiger partial charge in [-0.3, -0.25) is 9.89 Å². The van der Waals surface area contributed by atoms with Crippen LogP contribution in [0, 0.1) is 0 Å². The number of rotatable bonds is 5. The number of nitrogens with zero attached hydrogens (tertiary/aromatic N) is 3. The summed E-state index contributed by atoms with van der Waals surface area (Å²) in [5, 5.41) is 9.29. The number of alkyl halides is 5. The van der Waals surface area contributed by atoms with E-state index in [-0.39, 0.29) is 17.2 Å². The lowest BCUT2D eigenvalue weighted by molar-refractivity contribution is -0.137. The zero-order chi connectivity index (χ0) is 23.6. The summed E-state index contributed by atoms with van der Waals surface area (Å²) in [7, 11) is 0. The van der Waals surface area contributed by atoms with Crippen LogP contribution in [-0.2, 0) is 15.7 Å². The number of hydrogen-bond donors (Lipinski definition) is 2. The molecule has 174 valence electrons. The number of hydrogen-bond acceptors (Lipinski definition) is 5. The molecule has 33 heavy (non-hydrogen) atoms. The molecule has 1 saturated heterocycles. The molecule has 1 fully saturated rings. The predicted octanol–water partition coefficient (Wildman–Crippen LogP) is 4.74. The number of halogens is 5. The summed E-state index contributed by atoms with van der Waals surface area (Å²) in [6.45, 7) is 1.75. The van der Waals surface area contributed by atoms with Crippen molar-refractivity contribution in [3.8, 4) is 22.8 Å². The molecular formula is C21H18Cl2F3N5O2. The Hall–Kier alpha value is -2.82. The highest BCUT2D eigenvalue weighted by Gasteiger charge is 2.36. The molecule has 0 aliphatic carbocycles. The third-order valence-electron chi connectivity index (χ3n) is 5.01. The summed E-state index contributed by atoms with van der Waals surface area (Å²) in [6, 6.07) is 10.5. The fraction of sp³-hybridized carbons (Fsp3) is 0.286. The maximum Gasteiger partial charge on any atom is 0.417 e. The zero-order valence-electron chi connectivity index (χ0n) is 17.0. The Morgan fingerprint density at radius 2 is 1.88 bits per heavy atom. The molecule has 4 rings (SSSR count). The van der Waals surface area contributed by atoms with Gasteiger partial charge in [0.1, 0.15) is 0 Å². The maximum absolute atomic E-state index is 13.9. The van der Waals surface area contributed by atoms with Crippen molar-refractivity contribution in [2.45, 2.75) is 11.0 Å². The van der Waals surface area contributed by atoms with Crippen molar-refractivity contribution in [2.75, 3.05) is 36.5 Å². The van der Waals surface area contributed by atoms with Crippen molar-refractivity contribution in [1.29, 1.82) is 0 Å². The van der Waals surface area contributed by atoms with Gasteiger partial charge in [0.05, 0.1) is 24.3 Å². The minimum Gasteiger partial charge on any atom is -0.378 e. The van der Waals surface area contributed by atoms with Gasteiger partial charge >= 0.3 is 6.18 Å². The van der Waals surface area contributed by atoms with Gasteiger partial charge in [0.2, 0.25) is 0 Å². The van der Waals surface area contributed by atoms with E-state index in [1.807, 2.05) is 4.90 Å². The van der Waals surface area contributed by atoms with Gasteiger partial charge in [-0.1, -0.05) is 41.4 Å². The van der Waals surface area contributed by atoms with Crippen LogP contribution in [-0.4, -0.2) is 52.2 Å². The lowest BCUT2D eigenvalue weighted by Crippen LogP contribution is -2.36. The second kappa shape index (κ2) is 9.58. The van der Waals surface area contributed by atoms with E-state index in [9.17, 15) is 18.0 Å². The monoisotopic (exact) mass is 499 g/mol. The highest BCUT2D eigenvalue weighted by molar-refractivity contribution is 6.54. The summed E-state index contributed by atoms with van der Waals surface area (Å²) in [5.74, 6) is -0.463. The SMILES string of the molecule is O=C(Nc1cccc(-c2n[nH]c(-c3c(N4CCOCC4)cccc3C(F)(F)F)n2)c1)C(Cl)Cl. The quantitative estimate of drug-likeness (QED) is 0.495. The lowest BCUT2D eigenvalue weighted by atomic mass is 10.0. The molecule has 0 spiro atoms. The van der Waals surface area contributed by atoms with Crippen molar-refractivity contribution in [1.82, 2.24) is 15.2 Å². The third kappa shape index (κ3) is 5.23. The van der Waals surface area contributed by atoms with Gasteiger partial charge in [0.15, 0.2) is 16.5 Å². The molecule has 0 unspecified atom stereocenters. The number of benzene rings is 2. The number of anilines is 2. The first kappa shape index (κ1) is 23.3. The van der Waals surface area contributed by atoms with Gasteiger partial charge in [0, 0.05) is 30.0 Å². The van der Waals surface area contributed by atoms with Crippen molar-refractivity contribution in [2.24, 2.45) is 0 Å². The van der Waals surface area contributed by atoms with Crippen LogP contribution >= 0.6 is 23.2 Å². The van der Waals surface area contributed by atoms with E-state index < -0.39 is 22.5 Å². The number of aromatic amines is 1. The molecule has 2 heterocycles. The molecule has 0 bridgehead atoms. The number of amides is 1. The number of ether oxygens (including phenoxy) is 1. The number of morpholine rings is 1. The van der Waals surface area contributed by atoms with E-state index in [1.54, 1.807) is 30.3 Å². The average Bonchev–Trinajstić information content (AvgIpc) is 3.29. The van der Waals surface area contributed by atoms with Gasteiger partial charge in [0.25, 0.3) is 5.91 Å². The van der Waals surface area contributed by atoms with E-state index in [1.165, 1.54) is 6.07 Å². The standard InChI is InChI=1S/C21H18Cl2F3N5O2/c22-17(23)20(32)27-13-4-1-3-12(11-13)18-28-19(30-29-18)16-14(21(24,25)26)5-2-6-15(16)31-7-9-33-10-8-31/h1-6,11,17H,7-10H2,(H,27,32)(H,28,29,30). The van der Waals surface area contributed by atoms with Crippen LogP contribution in [0.25, 0.3) is 22.8 Å². The van der Waals surface area contributed by atoms with Crippen LogP contribution in [0.5, 0.6) is 0 Å². The maximum atomic E-state index is 13.9. The molecule has 1 aliphatic rings. The summed E-state index contributed by atoms with van der Waals surface area (Å²) in [6.07, 6.45) is -4.59. The Bertz CT molecular complexity index is 1150. The molecule has 2 N–H and O–H groups in total. The van der Waals surface area contributed by atoms with Crippen LogP contribution in [0.4, 0.5) is 24.5 Å². The number of carbonyl (C=O) groups is 1. The third-order valence-corrected chi connectivity index (χ3v) is 5.40. The molecule has 2 aromatic carbocycles. The van der Waals surface area contributed by atoms with Gasteiger partial charge in [-0.2, -0.15) is 18.3 Å². The molecule has 0 saturated carbocycles. The minimum atomic E-state index is -4.59. The second-order valence-corrected chi connectivity index (χ2v) is 8.27. The number of carbonyl (C=O) groups excluding carboxylic acids is 1. The van der Waals surface area contributed by atoms with E-state index in [0.29, 0.717) is 43.2 Å². The van der Waals surface area contributed by atoms with Gasteiger partial charge in [-0.05, 0) is 24.3 Å². The van der Waals surface area contributed by atoms with E-state index in [0.717, 1.165) is 6.07 Å². The predicted molar refractivity (Wildman–Crippen MR) is 119 cm³/mol. The molecule has 1 aromatic heterocycles. The first-order chi connectivity index (χ1) is 15.7. The number of aromatic nitrogens is 3. The fourth-order valence-corrected chi connectivity index (χ4v) is 3.64. The largest absolute Gasteiger partial charge is 0.417 e. The van der Waals surface area contributed by atoms with E-state index >= 15 is 0 Å². The van der Waals surface area contributed by atoms with Gasteiger partial charge < -0.3 is 15.0 Å². The Morgan fingerprint density at radius 1 is 1.15 bits per heavy atom. The highest BCUT2D eigenvalue weighted by Crippen LogP contribution is 2.41. The molecule has 3 aromatic rings. The second-order valence-electron chi connectivity index (χ2n) is 7.18. The Morgan fingerprint density at radius 3 is 2.58 bits per heavy atom. The van der Waals surface area contributed by atoms with E-state index in [2.05, 4.69) is 20.5 Å².